The molecule has 0 aliphatic carbocycles. The van der Waals surface area contributed by atoms with E-state index >= 15 is 0 Å². The van der Waals surface area contributed by atoms with Gasteiger partial charge in [0.25, 0.3) is 0 Å². The highest BCUT2D eigenvalue weighted by Crippen LogP contribution is 2.24. The number of pyridine rings is 1. The van der Waals surface area contributed by atoms with Crippen molar-refractivity contribution in [2.75, 3.05) is 7.11 Å². The van der Waals surface area contributed by atoms with Gasteiger partial charge in [-0.15, -0.1) is 0 Å². The second-order valence-electron chi connectivity index (χ2n) is 4.41. The molecule has 0 saturated carbocycles. The Hall–Kier alpha value is -1.94. The van der Waals surface area contributed by atoms with Crippen molar-refractivity contribution in [2.24, 2.45) is 0 Å². The smallest absolute Gasteiger partial charge is 0.246 e. The highest BCUT2D eigenvalue weighted by molar-refractivity contribution is 9.10. The summed E-state index contributed by atoms with van der Waals surface area (Å²) >= 11 is 3.26. The molecule has 0 atom stereocenters. The maximum absolute atomic E-state index is 14.0. The minimum Gasteiger partial charge on any atom is -0.496 e. The van der Waals surface area contributed by atoms with Gasteiger partial charge in [0.2, 0.25) is 5.69 Å². The Kier molecular flexibility index (Phi) is 3.40. The van der Waals surface area contributed by atoms with Crippen LogP contribution in [0, 0.1) is 5.82 Å². The van der Waals surface area contributed by atoms with E-state index in [1.165, 1.54) is 6.07 Å². The molecule has 20 heavy (non-hydrogen) atoms. The van der Waals surface area contributed by atoms with Crippen molar-refractivity contribution in [3.8, 4) is 11.4 Å². The summed E-state index contributed by atoms with van der Waals surface area (Å²) in [6, 6.07) is 12.8. The zero-order valence-corrected chi connectivity index (χ0v) is 12.4. The second-order valence-corrected chi connectivity index (χ2v) is 5.33. The standard InChI is InChI=1S/C16H12BrFNO/c1-20-16-4-2-3-11-7-8-19(10-13(11)16)15-6-5-12(17)9-14(15)18/h2-10H,1H3/q+1. The minimum atomic E-state index is -0.279. The molecular formula is C16H12BrFNO+. The summed E-state index contributed by atoms with van der Waals surface area (Å²) in [5.74, 6) is 0.494. The monoisotopic (exact) mass is 332 g/mol. The van der Waals surface area contributed by atoms with E-state index in [9.17, 15) is 4.39 Å². The number of ether oxygens (including phenoxy) is 1. The van der Waals surface area contributed by atoms with E-state index < -0.39 is 0 Å². The summed E-state index contributed by atoms with van der Waals surface area (Å²) in [6.45, 7) is 0. The van der Waals surface area contributed by atoms with Gasteiger partial charge in [-0.25, -0.2) is 0 Å². The van der Waals surface area contributed by atoms with Gasteiger partial charge < -0.3 is 4.74 Å². The van der Waals surface area contributed by atoms with Gasteiger partial charge in [0.1, 0.15) is 5.75 Å². The predicted molar refractivity (Wildman–Crippen MR) is 79.7 cm³/mol. The number of halogens is 2. The Morgan fingerprint density at radius 1 is 1.15 bits per heavy atom. The summed E-state index contributed by atoms with van der Waals surface area (Å²) in [4.78, 5) is 0. The Bertz CT molecular complexity index is 789. The van der Waals surface area contributed by atoms with Gasteiger partial charge in [-0.05, 0) is 23.6 Å². The van der Waals surface area contributed by atoms with Gasteiger partial charge in [-0.3, -0.25) is 0 Å². The maximum Gasteiger partial charge on any atom is 0.246 e. The summed E-state index contributed by atoms with van der Waals surface area (Å²) in [6.07, 6.45) is 3.72. The van der Waals surface area contributed by atoms with E-state index in [0.717, 1.165) is 21.0 Å². The molecule has 0 bridgehead atoms. The summed E-state index contributed by atoms with van der Waals surface area (Å²) in [5.41, 5.74) is 0.501. The van der Waals surface area contributed by atoms with Crippen LogP contribution in [-0.4, -0.2) is 7.11 Å². The van der Waals surface area contributed by atoms with E-state index in [4.69, 9.17) is 4.74 Å². The van der Waals surface area contributed by atoms with Crippen LogP contribution in [0.15, 0.2) is 59.3 Å². The van der Waals surface area contributed by atoms with Crippen LogP contribution < -0.4 is 9.30 Å². The van der Waals surface area contributed by atoms with Gasteiger partial charge in [0.05, 0.1) is 12.5 Å². The lowest BCUT2D eigenvalue weighted by atomic mass is 10.1. The van der Waals surface area contributed by atoms with Crippen molar-refractivity contribution in [3.63, 3.8) is 0 Å². The largest absolute Gasteiger partial charge is 0.496 e. The van der Waals surface area contributed by atoms with Crippen molar-refractivity contribution in [3.05, 3.63) is 65.1 Å². The lowest BCUT2D eigenvalue weighted by molar-refractivity contribution is -0.596. The third-order valence-electron chi connectivity index (χ3n) is 3.19. The molecule has 2 nitrogen and oxygen atoms in total. The fourth-order valence-electron chi connectivity index (χ4n) is 2.21. The van der Waals surface area contributed by atoms with Crippen molar-refractivity contribution in [1.82, 2.24) is 0 Å². The van der Waals surface area contributed by atoms with E-state index in [1.54, 1.807) is 17.7 Å². The molecule has 4 heteroatoms. The zero-order valence-electron chi connectivity index (χ0n) is 10.8. The number of methoxy groups -OCH3 is 1. The molecule has 1 heterocycles. The number of hydrogen-bond donors (Lipinski definition) is 0. The van der Waals surface area contributed by atoms with E-state index in [2.05, 4.69) is 15.9 Å². The summed E-state index contributed by atoms with van der Waals surface area (Å²) < 4.78 is 21.9. The fraction of sp³-hybridized carbons (Fsp3) is 0.0625. The Morgan fingerprint density at radius 2 is 2.00 bits per heavy atom. The molecule has 0 N–H and O–H groups in total. The number of aromatic nitrogens is 1. The molecule has 2 aromatic carbocycles. The van der Waals surface area contributed by atoms with Crippen molar-refractivity contribution in [2.45, 2.75) is 0 Å². The second kappa shape index (κ2) is 5.21. The van der Waals surface area contributed by atoms with E-state index in [0.29, 0.717) is 5.69 Å². The molecule has 0 unspecified atom stereocenters. The highest BCUT2D eigenvalue weighted by Gasteiger charge is 2.15. The average molecular weight is 333 g/mol. The molecule has 3 aromatic rings. The van der Waals surface area contributed by atoms with Gasteiger partial charge >= 0.3 is 0 Å². The molecule has 100 valence electrons. The molecule has 0 fully saturated rings. The van der Waals surface area contributed by atoms with Crippen LogP contribution in [0.4, 0.5) is 4.39 Å². The van der Waals surface area contributed by atoms with E-state index in [1.807, 2.05) is 42.7 Å². The quantitative estimate of drug-likeness (QED) is 0.646. The number of fused-ring (bicyclic) bond motifs is 1. The first kappa shape index (κ1) is 13.1. The Morgan fingerprint density at radius 3 is 2.75 bits per heavy atom. The summed E-state index contributed by atoms with van der Waals surface area (Å²) in [7, 11) is 1.63. The fourth-order valence-corrected chi connectivity index (χ4v) is 2.54. The first-order chi connectivity index (χ1) is 9.69. The third-order valence-corrected chi connectivity index (χ3v) is 3.68. The molecule has 0 saturated heterocycles. The van der Waals surface area contributed by atoms with Crippen LogP contribution >= 0.6 is 15.9 Å². The van der Waals surface area contributed by atoms with Crippen LogP contribution in [0.3, 0.4) is 0 Å². The van der Waals surface area contributed by atoms with Gasteiger partial charge in [-0.1, -0.05) is 28.1 Å². The maximum atomic E-state index is 14.0. The van der Waals surface area contributed by atoms with Crippen molar-refractivity contribution >= 4 is 26.7 Å². The van der Waals surface area contributed by atoms with Crippen molar-refractivity contribution < 1.29 is 13.7 Å². The Labute approximate surface area is 124 Å². The highest BCUT2D eigenvalue weighted by atomic mass is 79.9. The van der Waals surface area contributed by atoms with Crippen LogP contribution in [0.25, 0.3) is 16.5 Å². The van der Waals surface area contributed by atoms with Crippen molar-refractivity contribution in [1.29, 1.82) is 0 Å². The molecule has 0 amide bonds. The van der Waals surface area contributed by atoms with Crippen LogP contribution in [0.1, 0.15) is 0 Å². The SMILES string of the molecule is COc1cccc2cc[n+](-c3ccc(Br)cc3F)cc12. The molecule has 0 aliphatic rings. The van der Waals surface area contributed by atoms with Gasteiger partial charge in [0, 0.05) is 16.6 Å². The van der Waals surface area contributed by atoms with Gasteiger partial charge in [-0.2, -0.15) is 8.96 Å². The molecule has 1 aromatic heterocycles. The average Bonchev–Trinajstić information content (AvgIpc) is 2.46. The molecule has 0 aliphatic heterocycles. The molecule has 3 rings (SSSR count). The topological polar surface area (TPSA) is 13.1 Å². The third kappa shape index (κ3) is 2.27. The first-order valence-corrected chi connectivity index (χ1v) is 6.92. The van der Waals surface area contributed by atoms with Gasteiger partial charge in [0.15, 0.2) is 18.2 Å². The number of benzene rings is 2. The minimum absolute atomic E-state index is 0.279. The zero-order chi connectivity index (χ0) is 14.1. The molecule has 0 radical (unpaired) electrons. The number of nitrogens with zero attached hydrogens (tertiary/aromatic N) is 1. The number of rotatable bonds is 2. The molecule has 0 spiro atoms. The predicted octanol–water partition coefficient (Wildman–Crippen LogP) is 4.03. The molecular weight excluding hydrogens is 321 g/mol. The van der Waals surface area contributed by atoms with Crippen LogP contribution in [0.2, 0.25) is 0 Å². The lowest BCUT2D eigenvalue weighted by Crippen LogP contribution is -2.30. The van der Waals surface area contributed by atoms with Crippen LogP contribution in [0.5, 0.6) is 5.75 Å². The lowest BCUT2D eigenvalue weighted by Gasteiger charge is -2.04. The Balaban J connectivity index is 2.22. The number of hydrogen-bond acceptors (Lipinski definition) is 1. The van der Waals surface area contributed by atoms with E-state index in [-0.39, 0.29) is 5.82 Å². The summed E-state index contributed by atoms with van der Waals surface area (Å²) in [5, 5.41) is 2.00. The first-order valence-electron chi connectivity index (χ1n) is 6.12. The normalized spacial score (nSPS) is 10.8. The van der Waals surface area contributed by atoms with Crippen LogP contribution in [-0.2, 0) is 0 Å².